The summed E-state index contributed by atoms with van der Waals surface area (Å²) in [6, 6.07) is 7.55. The van der Waals surface area contributed by atoms with Crippen LogP contribution < -0.4 is 4.74 Å². The Kier molecular flexibility index (Phi) is 4.04. The Balaban J connectivity index is 1.85. The highest BCUT2D eigenvalue weighted by Gasteiger charge is 2.30. The van der Waals surface area contributed by atoms with Gasteiger partial charge in [0.1, 0.15) is 5.75 Å². The van der Waals surface area contributed by atoms with E-state index in [9.17, 15) is 4.79 Å². The van der Waals surface area contributed by atoms with Gasteiger partial charge < -0.3 is 9.47 Å². The third-order valence-electron chi connectivity index (χ3n) is 4.02. The van der Waals surface area contributed by atoms with Crippen molar-refractivity contribution in [2.75, 3.05) is 7.11 Å². The molecule has 1 saturated carbocycles. The first-order valence-corrected chi connectivity index (χ1v) is 7.43. The molecule has 1 aromatic carbocycles. The number of hydrogen-bond donors (Lipinski definition) is 0. The van der Waals surface area contributed by atoms with E-state index in [1.54, 1.807) is 13.2 Å². The average molecular weight is 285 g/mol. The van der Waals surface area contributed by atoms with Crippen LogP contribution in [-0.4, -0.2) is 19.0 Å². The van der Waals surface area contributed by atoms with E-state index in [1.165, 1.54) is 19.3 Å². The molecule has 3 rings (SSSR count). The zero-order valence-corrected chi connectivity index (χ0v) is 12.2. The molecule has 0 amide bonds. The number of carbonyl (C=O) groups excluding carboxylic acids is 1. The first-order valence-electron chi connectivity index (χ1n) is 7.43. The van der Waals surface area contributed by atoms with Crippen LogP contribution in [0.25, 0.3) is 6.08 Å². The Labute approximate surface area is 124 Å². The molecule has 0 saturated heterocycles. The van der Waals surface area contributed by atoms with Crippen molar-refractivity contribution in [2.24, 2.45) is 10.9 Å². The number of hydrogen-bond acceptors (Lipinski definition) is 4. The molecule has 4 heteroatoms. The highest BCUT2D eigenvalue weighted by molar-refractivity contribution is 6.08. The Morgan fingerprint density at radius 2 is 2.00 bits per heavy atom. The van der Waals surface area contributed by atoms with Gasteiger partial charge in [0.15, 0.2) is 5.70 Å². The molecule has 0 bridgehead atoms. The van der Waals surface area contributed by atoms with Crippen LogP contribution in [0, 0.1) is 5.92 Å². The van der Waals surface area contributed by atoms with Crippen molar-refractivity contribution >= 4 is 17.9 Å². The van der Waals surface area contributed by atoms with E-state index in [1.807, 2.05) is 24.3 Å². The maximum absolute atomic E-state index is 12.0. The van der Waals surface area contributed by atoms with Crippen molar-refractivity contribution in [2.45, 2.75) is 32.1 Å². The fourth-order valence-electron chi connectivity index (χ4n) is 2.88. The Hall–Kier alpha value is -2.10. The summed E-state index contributed by atoms with van der Waals surface area (Å²) in [5.74, 6) is 1.26. The number of para-hydroxylation sites is 1. The highest BCUT2D eigenvalue weighted by Crippen LogP contribution is 2.30. The highest BCUT2D eigenvalue weighted by atomic mass is 16.6. The van der Waals surface area contributed by atoms with Crippen LogP contribution in [0.5, 0.6) is 5.75 Å². The first-order chi connectivity index (χ1) is 10.3. The molecule has 0 unspecified atom stereocenters. The van der Waals surface area contributed by atoms with Crippen LogP contribution in [0.15, 0.2) is 35.0 Å². The average Bonchev–Trinajstić information content (AvgIpc) is 2.90. The number of nitrogens with zero attached hydrogens (tertiary/aromatic N) is 1. The van der Waals surface area contributed by atoms with Gasteiger partial charge in [-0.25, -0.2) is 9.79 Å². The standard InChI is InChI=1S/C17H19NO3/c1-20-15-10-6-5-9-13(15)11-14-17(19)21-16(18-14)12-7-3-2-4-8-12/h5-6,9-12H,2-4,7-8H2,1H3/b14-11+. The molecule has 110 valence electrons. The van der Waals surface area contributed by atoms with Crippen molar-refractivity contribution < 1.29 is 14.3 Å². The number of rotatable bonds is 3. The topological polar surface area (TPSA) is 47.9 Å². The summed E-state index contributed by atoms with van der Waals surface area (Å²) < 4.78 is 10.6. The smallest absolute Gasteiger partial charge is 0.363 e. The SMILES string of the molecule is COc1ccccc1/C=C1/N=C(C2CCCCC2)OC1=O. The maximum Gasteiger partial charge on any atom is 0.363 e. The minimum absolute atomic E-state index is 0.297. The molecule has 0 spiro atoms. The third kappa shape index (κ3) is 2.99. The molecule has 1 aliphatic carbocycles. The summed E-state index contributed by atoms with van der Waals surface area (Å²) >= 11 is 0. The normalized spacial score (nSPS) is 21.3. The van der Waals surface area contributed by atoms with E-state index < -0.39 is 0 Å². The van der Waals surface area contributed by atoms with E-state index in [-0.39, 0.29) is 5.97 Å². The first kappa shape index (κ1) is 13.9. The molecule has 0 radical (unpaired) electrons. The van der Waals surface area contributed by atoms with E-state index in [2.05, 4.69) is 4.99 Å². The largest absolute Gasteiger partial charge is 0.496 e. The summed E-state index contributed by atoms with van der Waals surface area (Å²) in [6.07, 6.45) is 7.50. The third-order valence-corrected chi connectivity index (χ3v) is 4.02. The molecule has 0 atom stereocenters. The van der Waals surface area contributed by atoms with E-state index in [4.69, 9.17) is 9.47 Å². The van der Waals surface area contributed by atoms with Crippen LogP contribution in [0.1, 0.15) is 37.7 Å². The lowest BCUT2D eigenvalue weighted by Gasteiger charge is -2.19. The minimum Gasteiger partial charge on any atom is -0.496 e. The quantitative estimate of drug-likeness (QED) is 0.630. The molecule has 0 aromatic heterocycles. The Morgan fingerprint density at radius 3 is 2.76 bits per heavy atom. The number of methoxy groups -OCH3 is 1. The molecule has 1 aromatic rings. The lowest BCUT2D eigenvalue weighted by Crippen LogP contribution is -2.19. The molecule has 4 nitrogen and oxygen atoms in total. The summed E-state index contributed by atoms with van der Waals surface area (Å²) in [5, 5.41) is 0. The van der Waals surface area contributed by atoms with E-state index in [0.29, 0.717) is 17.5 Å². The van der Waals surface area contributed by atoms with Crippen LogP contribution in [0.4, 0.5) is 0 Å². The predicted octanol–water partition coefficient (Wildman–Crippen LogP) is 3.57. The van der Waals surface area contributed by atoms with Crippen LogP contribution in [0.3, 0.4) is 0 Å². The molecule has 1 heterocycles. The van der Waals surface area contributed by atoms with Crippen molar-refractivity contribution in [3.63, 3.8) is 0 Å². The maximum atomic E-state index is 12.0. The predicted molar refractivity (Wildman–Crippen MR) is 81.1 cm³/mol. The number of cyclic esters (lactones) is 1. The van der Waals surface area contributed by atoms with Gasteiger partial charge in [0.25, 0.3) is 0 Å². The van der Waals surface area contributed by atoms with Gasteiger partial charge in [-0.3, -0.25) is 0 Å². The molecule has 2 aliphatic rings. The van der Waals surface area contributed by atoms with Gasteiger partial charge in [0, 0.05) is 11.5 Å². The minimum atomic E-state index is -0.360. The molecule has 1 fully saturated rings. The van der Waals surface area contributed by atoms with Gasteiger partial charge in [0.05, 0.1) is 7.11 Å². The Morgan fingerprint density at radius 1 is 1.24 bits per heavy atom. The number of ether oxygens (including phenoxy) is 2. The molecular weight excluding hydrogens is 266 g/mol. The fourth-order valence-corrected chi connectivity index (χ4v) is 2.88. The number of benzene rings is 1. The summed E-state index contributed by atoms with van der Waals surface area (Å²) in [4.78, 5) is 16.4. The zero-order valence-electron chi connectivity index (χ0n) is 12.2. The second kappa shape index (κ2) is 6.12. The number of esters is 1. The van der Waals surface area contributed by atoms with Crippen LogP contribution in [-0.2, 0) is 9.53 Å². The van der Waals surface area contributed by atoms with E-state index >= 15 is 0 Å². The number of aliphatic imine (C=N–C) groups is 1. The van der Waals surface area contributed by atoms with Gasteiger partial charge >= 0.3 is 5.97 Å². The van der Waals surface area contributed by atoms with Crippen LogP contribution >= 0.6 is 0 Å². The second-order valence-corrected chi connectivity index (χ2v) is 5.45. The lowest BCUT2D eigenvalue weighted by molar-refractivity contribution is -0.130. The summed E-state index contributed by atoms with van der Waals surface area (Å²) in [5.41, 5.74) is 1.20. The Bertz CT molecular complexity index is 598. The molecule has 1 aliphatic heterocycles. The van der Waals surface area contributed by atoms with Gasteiger partial charge in [-0.1, -0.05) is 37.5 Å². The van der Waals surface area contributed by atoms with Crippen molar-refractivity contribution in [1.82, 2.24) is 0 Å². The van der Waals surface area contributed by atoms with E-state index in [0.717, 1.165) is 24.2 Å². The molecular formula is C17H19NO3. The van der Waals surface area contributed by atoms with Gasteiger partial charge in [-0.15, -0.1) is 0 Å². The molecule has 21 heavy (non-hydrogen) atoms. The van der Waals surface area contributed by atoms with Gasteiger partial charge in [-0.05, 0) is 25.0 Å². The monoisotopic (exact) mass is 285 g/mol. The lowest BCUT2D eigenvalue weighted by atomic mass is 9.89. The van der Waals surface area contributed by atoms with Crippen molar-refractivity contribution in [1.29, 1.82) is 0 Å². The second-order valence-electron chi connectivity index (χ2n) is 5.45. The van der Waals surface area contributed by atoms with Crippen LogP contribution in [0.2, 0.25) is 0 Å². The summed E-state index contributed by atoms with van der Waals surface area (Å²) in [6.45, 7) is 0. The number of carbonyl (C=O) groups is 1. The fraction of sp³-hybridized carbons (Fsp3) is 0.412. The molecule has 0 N–H and O–H groups in total. The van der Waals surface area contributed by atoms with Crippen molar-refractivity contribution in [3.05, 3.63) is 35.5 Å². The van der Waals surface area contributed by atoms with Gasteiger partial charge in [0.2, 0.25) is 5.90 Å². The summed E-state index contributed by atoms with van der Waals surface area (Å²) in [7, 11) is 1.61. The van der Waals surface area contributed by atoms with Gasteiger partial charge in [-0.2, -0.15) is 0 Å². The van der Waals surface area contributed by atoms with Crippen molar-refractivity contribution in [3.8, 4) is 5.75 Å². The zero-order chi connectivity index (χ0) is 14.7.